The number of methoxy groups -OCH3 is 1. The predicted molar refractivity (Wildman–Crippen MR) is 75.7 cm³/mol. The average molecular weight is 256 g/mol. The van der Waals surface area contributed by atoms with Crippen LogP contribution in [-0.4, -0.2) is 31.2 Å². The summed E-state index contributed by atoms with van der Waals surface area (Å²) in [6.45, 7) is 1.02. The summed E-state index contributed by atoms with van der Waals surface area (Å²) < 4.78 is 4.86. The van der Waals surface area contributed by atoms with Gasteiger partial charge in [0.2, 0.25) is 5.91 Å². The van der Waals surface area contributed by atoms with Crippen LogP contribution in [0.2, 0.25) is 0 Å². The molecule has 1 amide bonds. The van der Waals surface area contributed by atoms with Gasteiger partial charge in [0.15, 0.2) is 0 Å². The van der Waals surface area contributed by atoms with Gasteiger partial charge in [-0.15, -0.1) is 0 Å². The molecule has 0 radical (unpaired) electrons. The van der Waals surface area contributed by atoms with Crippen LogP contribution in [0, 0.1) is 0 Å². The second-order valence-corrected chi connectivity index (χ2v) is 4.04. The molecule has 98 valence electrons. The van der Waals surface area contributed by atoms with Crippen LogP contribution in [0.25, 0.3) is 17.0 Å². The Bertz CT molecular complexity index is 588. The SMILES string of the molecule is COCCNC(=O)/C=C/c1cccc2cccnc12. The van der Waals surface area contributed by atoms with Crippen molar-refractivity contribution in [3.63, 3.8) is 0 Å². The number of fused-ring (bicyclic) bond motifs is 1. The van der Waals surface area contributed by atoms with Gasteiger partial charge in [-0.1, -0.05) is 24.3 Å². The number of nitrogens with one attached hydrogen (secondary N) is 1. The normalized spacial score (nSPS) is 11.0. The minimum Gasteiger partial charge on any atom is -0.383 e. The summed E-state index contributed by atoms with van der Waals surface area (Å²) in [7, 11) is 1.60. The molecule has 0 unspecified atom stereocenters. The first-order valence-electron chi connectivity index (χ1n) is 6.10. The lowest BCUT2D eigenvalue weighted by molar-refractivity contribution is -0.116. The zero-order valence-corrected chi connectivity index (χ0v) is 10.8. The molecular formula is C15H16N2O2. The van der Waals surface area contributed by atoms with Crippen LogP contribution >= 0.6 is 0 Å². The third-order valence-corrected chi connectivity index (χ3v) is 2.68. The van der Waals surface area contributed by atoms with E-state index in [1.165, 1.54) is 6.08 Å². The van der Waals surface area contributed by atoms with Crippen molar-refractivity contribution in [3.8, 4) is 0 Å². The number of pyridine rings is 1. The molecule has 19 heavy (non-hydrogen) atoms. The van der Waals surface area contributed by atoms with Crippen LogP contribution in [0.5, 0.6) is 0 Å². The summed E-state index contributed by atoms with van der Waals surface area (Å²) in [5.41, 5.74) is 1.82. The van der Waals surface area contributed by atoms with Crippen molar-refractivity contribution < 1.29 is 9.53 Å². The molecular weight excluding hydrogens is 240 g/mol. The number of hydrogen-bond donors (Lipinski definition) is 1. The van der Waals surface area contributed by atoms with Crippen molar-refractivity contribution in [1.29, 1.82) is 0 Å². The number of ether oxygens (including phenoxy) is 1. The van der Waals surface area contributed by atoms with Gasteiger partial charge in [0.05, 0.1) is 12.1 Å². The lowest BCUT2D eigenvalue weighted by Gasteiger charge is -2.02. The van der Waals surface area contributed by atoms with Gasteiger partial charge in [-0.05, 0) is 12.1 Å². The third kappa shape index (κ3) is 3.63. The minimum atomic E-state index is -0.134. The van der Waals surface area contributed by atoms with E-state index in [0.717, 1.165) is 16.5 Å². The zero-order chi connectivity index (χ0) is 13.5. The highest BCUT2D eigenvalue weighted by atomic mass is 16.5. The molecule has 1 aromatic carbocycles. The molecule has 2 aromatic rings. The zero-order valence-electron chi connectivity index (χ0n) is 10.8. The molecule has 4 heteroatoms. The van der Waals surface area contributed by atoms with E-state index < -0.39 is 0 Å². The van der Waals surface area contributed by atoms with E-state index >= 15 is 0 Å². The van der Waals surface area contributed by atoms with Crippen LogP contribution in [0.4, 0.5) is 0 Å². The Morgan fingerprint density at radius 2 is 2.21 bits per heavy atom. The van der Waals surface area contributed by atoms with E-state index in [4.69, 9.17) is 4.74 Å². The highest BCUT2D eigenvalue weighted by Gasteiger charge is 1.99. The van der Waals surface area contributed by atoms with E-state index in [1.807, 2.05) is 30.3 Å². The monoisotopic (exact) mass is 256 g/mol. The second kappa shape index (κ2) is 6.66. The molecule has 1 heterocycles. The Hall–Kier alpha value is -2.20. The quantitative estimate of drug-likeness (QED) is 0.657. The van der Waals surface area contributed by atoms with Crippen LogP contribution < -0.4 is 5.32 Å². The Balaban J connectivity index is 2.10. The molecule has 2 rings (SSSR count). The van der Waals surface area contributed by atoms with Gasteiger partial charge >= 0.3 is 0 Å². The number of aromatic nitrogens is 1. The van der Waals surface area contributed by atoms with Crippen molar-refractivity contribution in [2.75, 3.05) is 20.3 Å². The van der Waals surface area contributed by atoms with Gasteiger partial charge in [-0.2, -0.15) is 0 Å². The fourth-order valence-corrected chi connectivity index (χ4v) is 1.76. The number of hydrogen-bond acceptors (Lipinski definition) is 3. The van der Waals surface area contributed by atoms with E-state index in [9.17, 15) is 4.79 Å². The molecule has 1 N–H and O–H groups in total. The molecule has 0 atom stereocenters. The number of amides is 1. The maximum atomic E-state index is 11.6. The van der Waals surface area contributed by atoms with E-state index in [0.29, 0.717) is 13.2 Å². The molecule has 0 aliphatic carbocycles. The fraction of sp³-hybridized carbons (Fsp3) is 0.200. The predicted octanol–water partition coefficient (Wildman–Crippen LogP) is 2.01. The maximum absolute atomic E-state index is 11.6. The number of carbonyl (C=O) groups is 1. The molecule has 1 aromatic heterocycles. The standard InChI is InChI=1S/C15H16N2O2/c1-19-11-10-16-14(18)8-7-13-5-2-4-12-6-3-9-17-15(12)13/h2-9H,10-11H2,1H3,(H,16,18)/b8-7+. The molecule has 4 nitrogen and oxygen atoms in total. The first-order valence-corrected chi connectivity index (χ1v) is 6.10. The Labute approximate surface area is 112 Å². The van der Waals surface area contributed by atoms with Gasteiger partial charge in [-0.25, -0.2) is 0 Å². The van der Waals surface area contributed by atoms with Crippen LogP contribution in [-0.2, 0) is 9.53 Å². The number of carbonyl (C=O) groups excluding carboxylic acids is 1. The van der Waals surface area contributed by atoms with Crippen molar-refractivity contribution in [2.24, 2.45) is 0 Å². The highest BCUT2D eigenvalue weighted by molar-refractivity contribution is 5.95. The largest absolute Gasteiger partial charge is 0.383 e. The molecule has 0 saturated carbocycles. The summed E-state index contributed by atoms with van der Waals surface area (Å²) in [4.78, 5) is 15.9. The lowest BCUT2D eigenvalue weighted by Crippen LogP contribution is -2.24. The smallest absolute Gasteiger partial charge is 0.244 e. The summed E-state index contributed by atoms with van der Waals surface area (Å²) in [5.74, 6) is -0.134. The van der Waals surface area contributed by atoms with Crippen LogP contribution in [0.15, 0.2) is 42.6 Å². The molecule has 0 aliphatic rings. The summed E-state index contributed by atoms with van der Waals surface area (Å²) in [6, 6.07) is 9.78. The maximum Gasteiger partial charge on any atom is 0.244 e. The number of para-hydroxylation sites is 1. The van der Waals surface area contributed by atoms with Gasteiger partial charge in [0, 0.05) is 36.9 Å². The van der Waals surface area contributed by atoms with Gasteiger partial charge in [-0.3, -0.25) is 9.78 Å². The second-order valence-electron chi connectivity index (χ2n) is 4.04. The van der Waals surface area contributed by atoms with Gasteiger partial charge in [0.1, 0.15) is 0 Å². The first kappa shape index (κ1) is 13.2. The van der Waals surface area contributed by atoms with Crippen molar-refractivity contribution in [2.45, 2.75) is 0 Å². The molecule has 0 spiro atoms. The first-order chi connectivity index (χ1) is 9.31. The van der Waals surface area contributed by atoms with Crippen molar-refractivity contribution >= 4 is 22.9 Å². The van der Waals surface area contributed by atoms with Crippen molar-refractivity contribution in [3.05, 3.63) is 48.2 Å². The summed E-state index contributed by atoms with van der Waals surface area (Å²) in [6.07, 6.45) is 5.04. The van der Waals surface area contributed by atoms with E-state index in [1.54, 1.807) is 19.4 Å². The minimum absolute atomic E-state index is 0.134. The van der Waals surface area contributed by atoms with E-state index in [2.05, 4.69) is 10.3 Å². The number of rotatable bonds is 5. The summed E-state index contributed by atoms with van der Waals surface area (Å²) >= 11 is 0. The van der Waals surface area contributed by atoms with Crippen LogP contribution in [0.3, 0.4) is 0 Å². The van der Waals surface area contributed by atoms with Crippen LogP contribution in [0.1, 0.15) is 5.56 Å². The molecule has 0 aliphatic heterocycles. The summed E-state index contributed by atoms with van der Waals surface area (Å²) in [5, 5.41) is 3.79. The molecule has 0 fully saturated rings. The molecule has 0 saturated heterocycles. The van der Waals surface area contributed by atoms with Gasteiger partial charge < -0.3 is 10.1 Å². The molecule has 0 bridgehead atoms. The van der Waals surface area contributed by atoms with E-state index in [-0.39, 0.29) is 5.91 Å². The number of benzene rings is 1. The lowest BCUT2D eigenvalue weighted by atomic mass is 10.1. The number of nitrogens with zero attached hydrogens (tertiary/aromatic N) is 1. The topological polar surface area (TPSA) is 51.2 Å². The Kier molecular flexibility index (Phi) is 4.64. The fourth-order valence-electron chi connectivity index (χ4n) is 1.76. The highest BCUT2D eigenvalue weighted by Crippen LogP contribution is 2.16. The van der Waals surface area contributed by atoms with Gasteiger partial charge in [0.25, 0.3) is 0 Å². The Morgan fingerprint density at radius 3 is 3.05 bits per heavy atom. The van der Waals surface area contributed by atoms with Crippen molar-refractivity contribution in [1.82, 2.24) is 10.3 Å². The third-order valence-electron chi connectivity index (χ3n) is 2.68. The Morgan fingerprint density at radius 1 is 1.37 bits per heavy atom. The average Bonchev–Trinajstić information content (AvgIpc) is 2.45.